The normalized spacial score (nSPS) is 10.2. The van der Waals surface area contributed by atoms with E-state index < -0.39 is 4.92 Å². The second-order valence-electron chi connectivity index (χ2n) is 4.42. The number of benzene rings is 2. The Bertz CT molecular complexity index is 629. The largest absolute Gasteiger partial charge is 0.497 e. The van der Waals surface area contributed by atoms with Crippen molar-refractivity contribution < 1.29 is 9.66 Å². The van der Waals surface area contributed by atoms with Crippen LogP contribution in [0.15, 0.2) is 42.5 Å². The highest BCUT2D eigenvalue weighted by atomic mass is 35.5. The number of nitro groups is 1. The van der Waals surface area contributed by atoms with E-state index in [0.29, 0.717) is 17.3 Å². The number of rotatable bonds is 6. The van der Waals surface area contributed by atoms with E-state index >= 15 is 0 Å². The molecule has 0 aromatic heterocycles. The predicted octanol–water partition coefficient (Wildman–Crippen LogP) is 3.91. The first-order valence-electron chi connectivity index (χ1n) is 6.41. The van der Waals surface area contributed by atoms with Gasteiger partial charge in [-0.05, 0) is 30.2 Å². The molecule has 0 heterocycles. The molecule has 110 valence electrons. The van der Waals surface area contributed by atoms with Crippen molar-refractivity contribution in [2.45, 2.75) is 6.42 Å². The Morgan fingerprint density at radius 3 is 2.57 bits per heavy atom. The summed E-state index contributed by atoms with van der Waals surface area (Å²) in [5.41, 5.74) is 1.45. The molecule has 0 saturated carbocycles. The van der Waals surface area contributed by atoms with Crippen LogP contribution in [0.3, 0.4) is 0 Å². The van der Waals surface area contributed by atoms with Crippen LogP contribution in [0.2, 0.25) is 5.02 Å². The van der Waals surface area contributed by atoms with Gasteiger partial charge in [0.05, 0.1) is 17.1 Å². The van der Waals surface area contributed by atoms with Crippen molar-refractivity contribution >= 4 is 23.0 Å². The van der Waals surface area contributed by atoms with Gasteiger partial charge in [-0.3, -0.25) is 10.1 Å². The maximum Gasteiger partial charge on any atom is 0.293 e. The van der Waals surface area contributed by atoms with Crippen LogP contribution in [0, 0.1) is 10.1 Å². The summed E-state index contributed by atoms with van der Waals surface area (Å²) >= 11 is 6.01. The molecule has 0 unspecified atom stereocenters. The number of nitrogens with one attached hydrogen (secondary N) is 1. The third-order valence-corrected chi connectivity index (χ3v) is 3.38. The molecule has 0 spiro atoms. The Morgan fingerprint density at radius 1 is 1.24 bits per heavy atom. The Kier molecular flexibility index (Phi) is 5.00. The van der Waals surface area contributed by atoms with Gasteiger partial charge < -0.3 is 10.1 Å². The van der Waals surface area contributed by atoms with Crippen LogP contribution in [0.4, 0.5) is 11.4 Å². The first kappa shape index (κ1) is 15.1. The van der Waals surface area contributed by atoms with Gasteiger partial charge in [0, 0.05) is 12.6 Å². The Labute approximate surface area is 127 Å². The van der Waals surface area contributed by atoms with E-state index in [1.54, 1.807) is 19.2 Å². The van der Waals surface area contributed by atoms with Crippen LogP contribution < -0.4 is 10.1 Å². The van der Waals surface area contributed by atoms with Crippen LogP contribution in [0.1, 0.15) is 5.56 Å². The molecule has 0 bridgehead atoms. The summed E-state index contributed by atoms with van der Waals surface area (Å²) in [5, 5.41) is 14.4. The minimum absolute atomic E-state index is 0.0165. The molecule has 0 amide bonds. The zero-order valence-electron chi connectivity index (χ0n) is 11.5. The number of hydrogen-bond donors (Lipinski definition) is 1. The first-order chi connectivity index (χ1) is 10.1. The van der Waals surface area contributed by atoms with Gasteiger partial charge in [0.15, 0.2) is 0 Å². The van der Waals surface area contributed by atoms with Gasteiger partial charge >= 0.3 is 0 Å². The lowest BCUT2D eigenvalue weighted by atomic mass is 10.1. The molecule has 0 saturated heterocycles. The van der Waals surface area contributed by atoms with Crippen molar-refractivity contribution in [1.82, 2.24) is 0 Å². The van der Waals surface area contributed by atoms with Gasteiger partial charge in [0.1, 0.15) is 11.4 Å². The number of para-hydroxylation sites is 1. The third-order valence-electron chi connectivity index (χ3n) is 3.06. The first-order valence-corrected chi connectivity index (χ1v) is 6.79. The van der Waals surface area contributed by atoms with E-state index in [0.717, 1.165) is 17.7 Å². The number of hydrogen-bond acceptors (Lipinski definition) is 4. The molecule has 5 nitrogen and oxygen atoms in total. The SMILES string of the molecule is COc1ccc(CCNc2c(Cl)cccc2[N+](=O)[O-])cc1. The lowest BCUT2D eigenvalue weighted by molar-refractivity contribution is -0.383. The molecule has 0 atom stereocenters. The highest BCUT2D eigenvalue weighted by molar-refractivity contribution is 6.33. The molecule has 21 heavy (non-hydrogen) atoms. The number of methoxy groups -OCH3 is 1. The third kappa shape index (κ3) is 3.86. The van der Waals surface area contributed by atoms with E-state index in [-0.39, 0.29) is 5.69 Å². The van der Waals surface area contributed by atoms with E-state index in [9.17, 15) is 10.1 Å². The smallest absolute Gasteiger partial charge is 0.293 e. The van der Waals surface area contributed by atoms with E-state index in [1.807, 2.05) is 24.3 Å². The highest BCUT2D eigenvalue weighted by Crippen LogP contribution is 2.31. The van der Waals surface area contributed by atoms with Gasteiger partial charge in [0.2, 0.25) is 0 Å². The van der Waals surface area contributed by atoms with Gasteiger partial charge in [-0.1, -0.05) is 29.8 Å². The monoisotopic (exact) mass is 306 g/mol. The number of nitro benzene ring substituents is 1. The van der Waals surface area contributed by atoms with Crippen molar-refractivity contribution in [1.29, 1.82) is 0 Å². The molecule has 2 aromatic rings. The minimum Gasteiger partial charge on any atom is -0.497 e. The quantitative estimate of drug-likeness (QED) is 0.649. The van der Waals surface area contributed by atoms with Gasteiger partial charge in [0.25, 0.3) is 5.69 Å². The Morgan fingerprint density at radius 2 is 1.95 bits per heavy atom. The summed E-state index contributed by atoms with van der Waals surface area (Å²) in [4.78, 5) is 10.5. The number of nitrogens with zero attached hydrogens (tertiary/aromatic N) is 1. The number of ether oxygens (including phenoxy) is 1. The molecule has 0 fully saturated rings. The standard InChI is InChI=1S/C15H15ClN2O3/c1-21-12-7-5-11(6-8-12)9-10-17-15-13(16)3-2-4-14(15)18(19)20/h2-8,17H,9-10H2,1H3. The summed E-state index contributed by atoms with van der Waals surface area (Å²) in [6.07, 6.45) is 0.729. The average Bonchev–Trinajstić information content (AvgIpc) is 2.49. The van der Waals surface area contributed by atoms with E-state index in [2.05, 4.69) is 5.32 Å². The fraction of sp³-hybridized carbons (Fsp3) is 0.200. The lowest BCUT2D eigenvalue weighted by Gasteiger charge is -2.09. The zero-order chi connectivity index (χ0) is 15.2. The molecule has 0 aliphatic heterocycles. The molecule has 2 aromatic carbocycles. The van der Waals surface area contributed by atoms with Crippen LogP contribution in [-0.4, -0.2) is 18.6 Å². The highest BCUT2D eigenvalue weighted by Gasteiger charge is 2.15. The van der Waals surface area contributed by atoms with E-state index in [4.69, 9.17) is 16.3 Å². The van der Waals surface area contributed by atoms with Gasteiger partial charge in [-0.2, -0.15) is 0 Å². The zero-order valence-corrected chi connectivity index (χ0v) is 12.3. The van der Waals surface area contributed by atoms with Crippen LogP contribution in [-0.2, 0) is 6.42 Å². The second kappa shape index (κ2) is 6.95. The number of anilines is 1. The maximum absolute atomic E-state index is 11.0. The van der Waals surface area contributed by atoms with Crippen LogP contribution in [0.5, 0.6) is 5.75 Å². The summed E-state index contributed by atoms with van der Waals surface area (Å²) in [6.45, 7) is 0.552. The molecule has 6 heteroatoms. The summed E-state index contributed by atoms with van der Waals surface area (Å²) in [6, 6.07) is 12.3. The second-order valence-corrected chi connectivity index (χ2v) is 4.82. The van der Waals surface area contributed by atoms with Gasteiger partial charge in [-0.25, -0.2) is 0 Å². The van der Waals surface area contributed by atoms with E-state index in [1.165, 1.54) is 6.07 Å². The molecule has 2 rings (SSSR count). The Balaban J connectivity index is 2.01. The molecule has 0 aliphatic carbocycles. The molecular formula is C15H15ClN2O3. The summed E-state index contributed by atoms with van der Waals surface area (Å²) < 4.78 is 5.09. The number of halogens is 1. The fourth-order valence-electron chi connectivity index (χ4n) is 1.96. The fourth-order valence-corrected chi connectivity index (χ4v) is 2.20. The van der Waals surface area contributed by atoms with Crippen LogP contribution in [0.25, 0.3) is 0 Å². The van der Waals surface area contributed by atoms with Crippen LogP contribution >= 0.6 is 11.6 Å². The Hall–Kier alpha value is -2.27. The molecule has 0 radical (unpaired) electrons. The molecule has 1 N–H and O–H groups in total. The van der Waals surface area contributed by atoms with Crippen molar-refractivity contribution in [3.8, 4) is 5.75 Å². The summed E-state index contributed by atoms with van der Waals surface area (Å²) in [7, 11) is 1.62. The average molecular weight is 307 g/mol. The minimum atomic E-state index is -0.443. The topological polar surface area (TPSA) is 64.4 Å². The van der Waals surface area contributed by atoms with Crippen molar-refractivity contribution in [2.75, 3.05) is 19.0 Å². The summed E-state index contributed by atoms with van der Waals surface area (Å²) in [5.74, 6) is 0.799. The van der Waals surface area contributed by atoms with Gasteiger partial charge in [-0.15, -0.1) is 0 Å². The van der Waals surface area contributed by atoms with Crippen molar-refractivity contribution in [2.24, 2.45) is 0 Å². The predicted molar refractivity (Wildman–Crippen MR) is 83.3 cm³/mol. The molecular weight excluding hydrogens is 292 g/mol. The van der Waals surface area contributed by atoms with Crippen molar-refractivity contribution in [3.05, 3.63) is 63.2 Å². The molecule has 0 aliphatic rings. The lowest BCUT2D eigenvalue weighted by Crippen LogP contribution is -2.07. The maximum atomic E-state index is 11.0. The van der Waals surface area contributed by atoms with Crippen molar-refractivity contribution in [3.63, 3.8) is 0 Å².